The van der Waals surface area contributed by atoms with Crippen molar-refractivity contribution in [3.8, 4) is 0 Å². The smallest absolute Gasteiger partial charge is 0.411 e. The topological polar surface area (TPSA) is 76.1 Å². The third kappa shape index (κ3) is 5.23. The van der Waals surface area contributed by atoms with Crippen LogP contribution in [0.15, 0.2) is 12.2 Å². The van der Waals surface area contributed by atoms with Crippen LogP contribution in [0.5, 0.6) is 0 Å². The molecular formula is C17H29NO5. The Hall–Kier alpha value is -1.56. The van der Waals surface area contributed by atoms with Gasteiger partial charge in [0, 0.05) is 12.5 Å². The Morgan fingerprint density at radius 3 is 1.96 bits per heavy atom. The first-order valence-corrected chi connectivity index (χ1v) is 7.79. The molecule has 6 nitrogen and oxygen atoms in total. The summed E-state index contributed by atoms with van der Waals surface area (Å²) in [6, 6.07) is -1.09. The van der Waals surface area contributed by atoms with Crippen LogP contribution in [-0.2, 0) is 14.3 Å². The van der Waals surface area contributed by atoms with E-state index in [0.717, 1.165) is 0 Å². The van der Waals surface area contributed by atoms with Crippen molar-refractivity contribution in [1.82, 2.24) is 4.90 Å². The molecule has 0 saturated carbocycles. The molecule has 1 aliphatic heterocycles. The first-order chi connectivity index (χ1) is 10.2. The molecule has 1 rings (SSSR count). The second kappa shape index (κ2) is 6.51. The van der Waals surface area contributed by atoms with Crippen LogP contribution in [0.1, 0.15) is 48.5 Å². The Labute approximate surface area is 138 Å². The van der Waals surface area contributed by atoms with Crippen LogP contribution in [0, 0.1) is 5.92 Å². The minimum absolute atomic E-state index is 0.176. The first kappa shape index (κ1) is 19.5. The lowest BCUT2D eigenvalue weighted by Gasteiger charge is -2.30. The van der Waals surface area contributed by atoms with Crippen LogP contribution in [0.3, 0.4) is 0 Å². The van der Waals surface area contributed by atoms with Crippen molar-refractivity contribution in [1.29, 1.82) is 0 Å². The summed E-state index contributed by atoms with van der Waals surface area (Å²) >= 11 is 0. The number of aliphatic hydroxyl groups excluding tert-OH is 1. The SMILES string of the molecule is C=C(C)[C@H]1CN(C(=O)OC(C)(C)C)[C@H](C(=O)OC(C)(C)C)[C@@H]1O. The molecule has 0 radical (unpaired) electrons. The predicted molar refractivity (Wildman–Crippen MR) is 86.9 cm³/mol. The van der Waals surface area contributed by atoms with Gasteiger partial charge in [0.05, 0.1) is 6.10 Å². The van der Waals surface area contributed by atoms with Crippen molar-refractivity contribution in [3.05, 3.63) is 12.2 Å². The minimum atomic E-state index is -1.09. The van der Waals surface area contributed by atoms with Crippen LogP contribution in [-0.4, -0.2) is 52.0 Å². The van der Waals surface area contributed by atoms with Crippen molar-refractivity contribution in [2.75, 3.05) is 6.54 Å². The molecule has 1 heterocycles. The summed E-state index contributed by atoms with van der Waals surface area (Å²) in [7, 11) is 0. The zero-order valence-corrected chi connectivity index (χ0v) is 15.2. The number of likely N-dealkylation sites (tertiary alicyclic amines) is 1. The van der Waals surface area contributed by atoms with Gasteiger partial charge < -0.3 is 14.6 Å². The maximum atomic E-state index is 12.5. The fraction of sp³-hybridized carbons (Fsp3) is 0.765. The largest absolute Gasteiger partial charge is 0.458 e. The summed E-state index contributed by atoms with van der Waals surface area (Å²) in [4.78, 5) is 26.1. The highest BCUT2D eigenvalue weighted by Gasteiger charge is 2.50. The molecule has 1 fully saturated rings. The summed E-state index contributed by atoms with van der Waals surface area (Å²) < 4.78 is 10.7. The van der Waals surface area contributed by atoms with Gasteiger partial charge in [-0.25, -0.2) is 9.59 Å². The summed E-state index contributed by atoms with van der Waals surface area (Å²) in [5.41, 5.74) is -0.698. The monoisotopic (exact) mass is 327 g/mol. The summed E-state index contributed by atoms with van der Waals surface area (Å²) in [5.74, 6) is -1.03. The van der Waals surface area contributed by atoms with Crippen LogP contribution in [0.4, 0.5) is 4.79 Å². The van der Waals surface area contributed by atoms with E-state index in [1.165, 1.54) is 4.90 Å². The van der Waals surface area contributed by atoms with Gasteiger partial charge in [0.15, 0.2) is 6.04 Å². The number of carbonyl (C=O) groups excluding carboxylic acids is 2. The Morgan fingerprint density at radius 2 is 1.57 bits per heavy atom. The van der Waals surface area contributed by atoms with E-state index in [-0.39, 0.29) is 12.5 Å². The maximum Gasteiger partial charge on any atom is 0.411 e. The number of rotatable bonds is 2. The van der Waals surface area contributed by atoms with E-state index in [0.29, 0.717) is 5.57 Å². The van der Waals surface area contributed by atoms with E-state index >= 15 is 0 Å². The van der Waals surface area contributed by atoms with Gasteiger partial charge in [-0.2, -0.15) is 0 Å². The van der Waals surface area contributed by atoms with Gasteiger partial charge in [-0.15, -0.1) is 0 Å². The molecule has 6 heteroatoms. The Morgan fingerprint density at radius 1 is 1.09 bits per heavy atom. The van der Waals surface area contributed by atoms with E-state index in [1.54, 1.807) is 48.5 Å². The molecular weight excluding hydrogens is 298 g/mol. The van der Waals surface area contributed by atoms with Gasteiger partial charge in [-0.3, -0.25) is 4.90 Å². The van der Waals surface area contributed by atoms with E-state index in [4.69, 9.17) is 9.47 Å². The van der Waals surface area contributed by atoms with Crippen molar-refractivity contribution in [2.45, 2.75) is 71.8 Å². The number of nitrogens with zero attached hydrogens (tertiary/aromatic N) is 1. The lowest BCUT2D eigenvalue weighted by molar-refractivity contribution is -0.163. The average Bonchev–Trinajstić information content (AvgIpc) is 2.62. The summed E-state index contributed by atoms with van der Waals surface area (Å²) in [5, 5.41) is 10.5. The molecule has 0 unspecified atom stereocenters. The highest BCUT2D eigenvalue weighted by Crippen LogP contribution is 2.31. The van der Waals surface area contributed by atoms with Crippen molar-refractivity contribution >= 4 is 12.1 Å². The number of carbonyl (C=O) groups is 2. The molecule has 0 bridgehead atoms. The molecule has 23 heavy (non-hydrogen) atoms. The zero-order chi connectivity index (χ0) is 18.2. The Bertz CT molecular complexity index is 486. The Kier molecular flexibility index (Phi) is 5.52. The Balaban J connectivity index is 3.06. The van der Waals surface area contributed by atoms with Crippen LogP contribution < -0.4 is 0 Å². The van der Waals surface area contributed by atoms with Gasteiger partial charge in [0.1, 0.15) is 11.2 Å². The minimum Gasteiger partial charge on any atom is -0.458 e. The normalized spacial score (nSPS) is 25.2. The van der Waals surface area contributed by atoms with Crippen LogP contribution >= 0.6 is 0 Å². The van der Waals surface area contributed by atoms with Gasteiger partial charge in [0.2, 0.25) is 0 Å². The van der Waals surface area contributed by atoms with Crippen molar-refractivity contribution in [3.63, 3.8) is 0 Å². The molecule has 0 aromatic carbocycles. The third-order valence-electron chi connectivity index (χ3n) is 3.37. The van der Waals surface area contributed by atoms with E-state index in [1.807, 2.05) is 0 Å². The van der Waals surface area contributed by atoms with Gasteiger partial charge in [-0.1, -0.05) is 12.2 Å². The third-order valence-corrected chi connectivity index (χ3v) is 3.37. The fourth-order valence-corrected chi connectivity index (χ4v) is 2.42. The van der Waals surface area contributed by atoms with Crippen LogP contribution in [0.2, 0.25) is 0 Å². The highest BCUT2D eigenvalue weighted by molar-refractivity contribution is 5.83. The number of aliphatic hydroxyl groups is 1. The molecule has 1 amide bonds. The van der Waals surface area contributed by atoms with Crippen molar-refractivity contribution < 1.29 is 24.2 Å². The molecule has 0 aliphatic carbocycles. The quantitative estimate of drug-likeness (QED) is 0.623. The number of ether oxygens (including phenoxy) is 2. The molecule has 0 aromatic rings. The van der Waals surface area contributed by atoms with Gasteiger partial charge >= 0.3 is 12.1 Å². The molecule has 0 aromatic heterocycles. The molecule has 3 atom stereocenters. The van der Waals surface area contributed by atoms with Crippen LogP contribution in [0.25, 0.3) is 0 Å². The van der Waals surface area contributed by atoms with Crippen molar-refractivity contribution in [2.24, 2.45) is 5.92 Å². The number of amides is 1. The van der Waals surface area contributed by atoms with E-state index in [9.17, 15) is 14.7 Å². The molecule has 132 valence electrons. The van der Waals surface area contributed by atoms with E-state index < -0.39 is 35.4 Å². The number of esters is 1. The summed E-state index contributed by atoms with van der Waals surface area (Å²) in [6.07, 6.45) is -1.70. The van der Waals surface area contributed by atoms with Gasteiger partial charge in [-0.05, 0) is 48.5 Å². The predicted octanol–water partition coefficient (Wildman–Crippen LogP) is 2.50. The first-order valence-electron chi connectivity index (χ1n) is 7.79. The fourth-order valence-electron chi connectivity index (χ4n) is 2.42. The maximum absolute atomic E-state index is 12.5. The number of hydrogen-bond acceptors (Lipinski definition) is 5. The summed E-state index contributed by atoms with van der Waals surface area (Å²) in [6.45, 7) is 16.2. The standard InChI is InChI=1S/C17H29NO5/c1-10(2)11-9-18(15(21)23-17(6,7)8)12(13(11)19)14(20)22-16(3,4)5/h11-13,19H,1,9H2,2-8H3/t11-,12+,13-/m1/s1. The second-order valence-corrected chi connectivity index (χ2v) is 8.05. The second-order valence-electron chi connectivity index (χ2n) is 8.05. The molecule has 0 spiro atoms. The number of hydrogen-bond donors (Lipinski definition) is 1. The highest BCUT2D eigenvalue weighted by atomic mass is 16.6. The molecule has 1 N–H and O–H groups in total. The molecule has 1 saturated heterocycles. The average molecular weight is 327 g/mol. The lowest BCUT2D eigenvalue weighted by Crippen LogP contribution is -2.49. The lowest BCUT2D eigenvalue weighted by atomic mass is 9.95. The van der Waals surface area contributed by atoms with E-state index in [2.05, 4.69) is 6.58 Å². The van der Waals surface area contributed by atoms with Gasteiger partial charge in [0.25, 0.3) is 0 Å². The zero-order valence-electron chi connectivity index (χ0n) is 15.2. The molecule has 1 aliphatic rings.